The number of sulfonamides is 1. The van der Waals surface area contributed by atoms with Gasteiger partial charge in [0.1, 0.15) is 5.69 Å². The number of hydrogen-bond acceptors (Lipinski definition) is 7. The van der Waals surface area contributed by atoms with Crippen molar-refractivity contribution in [2.75, 3.05) is 24.2 Å². The number of nitrogens with two attached hydrogens (primary N) is 1. The van der Waals surface area contributed by atoms with E-state index in [2.05, 4.69) is 10.2 Å². The van der Waals surface area contributed by atoms with Gasteiger partial charge < -0.3 is 10.2 Å². The van der Waals surface area contributed by atoms with E-state index in [1.165, 1.54) is 31.4 Å². The maximum Gasteiger partial charge on any atom is 0.293 e. The monoisotopic (exact) mass is 476 g/mol. The highest BCUT2D eigenvalue weighted by molar-refractivity contribution is 7.99. The molecule has 0 aromatic heterocycles. The number of thioether (sulfide) groups is 1. The van der Waals surface area contributed by atoms with Crippen LogP contribution in [-0.2, 0) is 10.0 Å². The molecular formula is C22H28N4O4S2. The Morgan fingerprint density at radius 1 is 1.22 bits per heavy atom. The van der Waals surface area contributed by atoms with Gasteiger partial charge in [0.15, 0.2) is 0 Å². The maximum absolute atomic E-state index is 11.6. The lowest BCUT2D eigenvalue weighted by molar-refractivity contribution is -0.384. The molecule has 10 heteroatoms. The summed E-state index contributed by atoms with van der Waals surface area (Å²) in [5.74, 6) is 1.55. The molecule has 1 heterocycles. The third-order valence-corrected chi connectivity index (χ3v) is 8.42. The molecule has 4 rings (SSSR count). The number of likely N-dealkylation sites (tertiary alicyclic amines) is 1. The number of anilines is 1. The van der Waals surface area contributed by atoms with Crippen LogP contribution >= 0.6 is 11.8 Å². The van der Waals surface area contributed by atoms with Crippen molar-refractivity contribution in [3.05, 3.63) is 58.6 Å². The van der Waals surface area contributed by atoms with E-state index < -0.39 is 14.9 Å². The van der Waals surface area contributed by atoms with Gasteiger partial charge in [-0.15, -0.1) is 11.8 Å². The van der Waals surface area contributed by atoms with Crippen molar-refractivity contribution in [1.82, 2.24) is 4.90 Å². The Morgan fingerprint density at radius 2 is 2.00 bits per heavy atom. The highest BCUT2D eigenvalue weighted by atomic mass is 32.2. The summed E-state index contributed by atoms with van der Waals surface area (Å²) in [6, 6.07) is 14.5. The van der Waals surface area contributed by atoms with Crippen molar-refractivity contribution >= 4 is 33.2 Å². The molecule has 2 bridgehead atoms. The van der Waals surface area contributed by atoms with Crippen LogP contribution in [-0.4, -0.2) is 49.2 Å². The van der Waals surface area contributed by atoms with Gasteiger partial charge in [0, 0.05) is 41.9 Å². The lowest BCUT2D eigenvalue weighted by atomic mass is 10.1. The fourth-order valence-corrected chi connectivity index (χ4v) is 6.24. The molecule has 172 valence electrons. The first kappa shape index (κ1) is 23.0. The molecule has 2 fully saturated rings. The number of fused-ring (bicyclic) bond motifs is 2. The van der Waals surface area contributed by atoms with Crippen molar-refractivity contribution in [2.45, 2.75) is 47.6 Å². The molecule has 2 aliphatic rings. The number of nitrogens with one attached hydrogen (secondary N) is 1. The van der Waals surface area contributed by atoms with E-state index in [0.717, 1.165) is 42.1 Å². The van der Waals surface area contributed by atoms with Gasteiger partial charge >= 0.3 is 0 Å². The Labute approximate surface area is 192 Å². The topological polar surface area (TPSA) is 119 Å². The molecule has 1 saturated heterocycles. The first-order valence-corrected chi connectivity index (χ1v) is 13.3. The Kier molecular flexibility index (Phi) is 7.04. The molecule has 32 heavy (non-hydrogen) atoms. The van der Waals surface area contributed by atoms with Crippen LogP contribution in [0.1, 0.15) is 25.7 Å². The number of primary sulfonamides is 1. The summed E-state index contributed by atoms with van der Waals surface area (Å²) in [6.07, 6.45) is 4.73. The van der Waals surface area contributed by atoms with Gasteiger partial charge in [-0.05, 0) is 55.9 Å². The van der Waals surface area contributed by atoms with Crippen molar-refractivity contribution in [3.8, 4) is 0 Å². The number of hydrogen-bond donors (Lipinski definition) is 2. The molecule has 1 saturated carbocycles. The smallest absolute Gasteiger partial charge is 0.293 e. The van der Waals surface area contributed by atoms with Gasteiger partial charge in [-0.1, -0.05) is 18.2 Å². The Hall–Kier alpha value is -2.14. The number of piperidine rings is 1. The van der Waals surface area contributed by atoms with Crippen molar-refractivity contribution in [3.63, 3.8) is 0 Å². The third-order valence-electron chi connectivity index (χ3n) is 6.34. The molecule has 3 atom stereocenters. The van der Waals surface area contributed by atoms with E-state index in [9.17, 15) is 18.5 Å². The second kappa shape index (κ2) is 9.78. The van der Waals surface area contributed by atoms with E-state index >= 15 is 0 Å². The van der Waals surface area contributed by atoms with Crippen LogP contribution in [0.4, 0.5) is 11.4 Å². The molecule has 1 aliphatic carbocycles. The van der Waals surface area contributed by atoms with E-state index in [1.54, 1.807) is 11.8 Å². The average Bonchev–Trinajstić information content (AvgIpc) is 3.39. The minimum Gasteiger partial charge on any atom is -0.376 e. The third kappa shape index (κ3) is 5.61. The first-order valence-electron chi connectivity index (χ1n) is 10.8. The summed E-state index contributed by atoms with van der Waals surface area (Å²) in [6.45, 7) is 2.09. The molecule has 0 spiro atoms. The lowest BCUT2D eigenvalue weighted by Gasteiger charge is -2.29. The zero-order chi connectivity index (χ0) is 22.7. The highest BCUT2D eigenvalue weighted by Crippen LogP contribution is 2.37. The van der Waals surface area contributed by atoms with E-state index in [-0.39, 0.29) is 16.6 Å². The summed E-state index contributed by atoms with van der Waals surface area (Å²) in [5.41, 5.74) is 0.0236. The molecular weight excluding hydrogens is 448 g/mol. The minimum absolute atomic E-state index is 0.0154. The standard InChI is InChI=1S/C22H28N4O4S2/c23-32(29,30)20-8-9-21(22(13-20)26(27)28)24-17(15-31-19-4-2-1-3-5-19)10-11-25-14-16-6-7-18(25)12-16/h1-5,8-9,13,16-18,24H,6-7,10-12,14-15H2,(H2,23,29,30)/t16?,17-,18?/m1/s1. The van der Waals surface area contributed by atoms with E-state index in [1.807, 2.05) is 30.3 Å². The average molecular weight is 477 g/mol. The number of benzene rings is 2. The van der Waals surface area contributed by atoms with Crippen LogP contribution in [0.2, 0.25) is 0 Å². The summed E-state index contributed by atoms with van der Waals surface area (Å²) in [5, 5.41) is 20.1. The summed E-state index contributed by atoms with van der Waals surface area (Å²) in [4.78, 5) is 14.5. The summed E-state index contributed by atoms with van der Waals surface area (Å²) >= 11 is 1.70. The molecule has 2 unspecified atom stereocenters. The molecule has 1 aliphatic heterocycles. The highest BCUT2D eigenvalue weighted by Gasteiger charge is 2.37. The van der Waals surface area contributed by atoms with E-state index in [4.69, 9.17) is 5.14 Å². The van der Waals surface area contributed by atoms with Gasteiger partial charge in [-0.25, -0.2) is 13.6 Å². The number of nitro groups is 1. The largest absolute Gasteiger partial charge is 0.376 e. The van der Waals surface area contributed by atoms with Crippen LogP contribution in [0.5, 0.6) is 0 Å². The number of nitrogens with zero attached hydrogens (tertiary/aromatic N) is 2. The zero-order valence-electron chi connectivity index (χ0n) is 17.7. The molecule has 8 nitrogen and oxygen atoms in total. The normalized spacial score (nSPS) is 21.5. The fourth-order valence-electron chi connectivity index (χ4n) is 4.71. The zero-order valence-corrected chi connectivity index (χ0v) is 19.4. The van der Waals surface area contributed by atoms with Gasteiger partial charge in [-0.3, -0.25) is 10.1 Å². The quantitative estimate of drug-likeness (QED) is 0.305. The van der Waals surface area contributed by atoms with Crippen molar-refractivity contribution < 1.29 is 13.3 Å². The van der Waals surface area contributed by atoms with Crippen LogP contribution in [0.25, 0.3) is 0 Å². The van der Waals surface area contributed by atoms with Gasteiger partial charge in [0.2, 0.25) is 10.0 Å². The second-order valence-corrected chi connectivity index (χ2v) is 11.2. The van der Waals surface area contributed by atoms with Crippen molar-refractivity contribution in [2.24, 2.45) is 11.1 Å². The van der Waals surface area contributed by atoms with Gasteiger partial charge in [0.25, 0.3) is 5.69 Å². The number of rotatable bonds is 10. The second-order valence-electron chi connectivity index (χ2n) is 8.56. The van der Waals surface area contributed by atoms with Crippen LogP contribution in [0, 0.1) is 16.0 Å². The Balaban J connectivity index is 1.50. The molecule has 2 aromatic rings. The molecule has 2 aromatic carbocycles. The maximum atomic E-state index is 11.6. The minimum atomic E-state index is -4.02. The van der Waals surface area contributed by atoms with E-state index in [0.29, 0.717) is 11.7 Å². The SMILES string of the molecule is NS(=O)(=O)c1ccc(N[C@H](CCN2CC3CCC2C3)CSc2ccccc2)c([N+](=O)[O-])c1. The predicted molar refractivity (Wildman–Crippen MR) is 126 cm³/mol. The number of nitro benzene ring substituents is 1. The Morgan fingerprint density at radius 3 is 2.62 bits per heavy atom. The van der Waals surface area contributed by atoms with Gasteiger partial charge in [0.05, 0.1) is 9.82 Å². The Bertz CT molecular complexity index is 1060. The summed E-state index contributed by atoms with van der Waals surface area (Å²) in [7, 11) is -4.02. The molecule has 0 radical (unpaired) electrons. The predicted octanol–water partition coefficient (Wildman–Crippen LogP) is 3.69. The van der Waals surface area contributed by atoms with Gasteiger partial charge in [-0.2, -0.15) is 0 Å². The molecule has 0 amide bonds. The van der Waals surface area contributed by atoms with Crippen LogP contribution in [0.3, 0.4) is 0 Å². The molecule has 3 N–H and O–H groups in total. The fraction of sp³-hybridized carbons (Fsp3) is 0.455. The summed E-state index contributed by atoms with van der Waals surface area (Å²) < 4.78 is 23.3. The van der Waals surface area contributed by atoms with Crippen LogP contribution in [0.15, 0.2) is 58.3 Å². The lowest BCUT2D eigenvalue weighted by Crippen LogP contribution is -2.36. The van der Waals surface area contributed by atoms with Crippen molar-refractivity contribution in [1.29, 1.82) is 0 Å². The first-order chi connectivity index (χ1) is 15.3. The van der Waals surface area contributed by atoms with Crippen LogP contribution < -0.4 is 10.5 Å².